The van der Waals surface area contributed by atoms with Crippen LogP contribution in [0, 0.1) is 0 Å². The van der Waals surface area contributed by atoms with Crippen molar-refractivity contribution in [3.63, 3.8) is 0 Å². The number of fused-ring (bicyclic) bond motifs is 1. The highest BCUT2D eigenvalue weighted by Gasteiger charge is 2.11. The Labute approximate surface area is 104 Å². The quantitative estimate of drug-likeness (QED) is 0.810. The second-order valence-electron chi connectivity index (χ2n) is 3.62. The zero-order valence-corrected chi connectivity index (χ0v) is 9.92. The van der Waals surface area contributed by atoms with Crippen molar-refractivity contribution >= 4 is 34.1 Å². The molecule has 1 aromatic carbocycles. The van der Waals surface area contributed by atoms with Gasteiger partial charge in [-0.3, -0.25) is 4.79 Å². The maximum atomic E-state index is 11.7. The van der Waals surface area contributed by atoms with E-state index in [4.69, 9.17) is 22.4 Å². The molecule has 1 amide bonds. The van der Waals surface area contributed by atoms with E-state index in [-0.39, 0.29) is 5.91 Å². The van der Waals surface area contributed by atoms with Crippen molar-refractivity contribution in [1.29, 1.82) is 0 Å². The summed E-state index contributed by atoms with van der Waals surface area (Å²) in [6.07, 6.45) is 0.487. The molecule has 0 saturated heterocycles. The van der Waals surface area contributed by atoms with Crippen molar-refractivity contribution in [2.45, 2.75) is 6.42 Å². The minimum Gasteiger partial charge on any atom is -0.451 e. The van der Waals surface area contributed by atoms with E-state index in [1.165, 1.54) is 0 Å². The molecule has 0 aliphatic carbocycles. The van der Waals surface area contributed by atoms with Gasteiger partial charge in [-0.1, -0.05) is 30.4 Å². The van der Waals surface area contributed by atoms with Crippen molar-refractivity contribution in [3.8, 4) is 0 Å². The van der Waals surface area contributed by atoms with Gasteiger partial charge in [-0.15, -0.1) is 0 Å². The van der Waals surface area contributed by atoms with Crippen molar-refractivity contribution in [2.24, 2.45) is 5.73 Å². The van der Waals surface area contributed by atoms with Gasteiger partial charge in [0, 0.05) is 18.4 Å². The molecule has 0 aliphatic rings. The van der Waals surface area contributed by atoms with Gasteiger partial charge in [0.15, 0.2) is 5.76 Å². The molecule has 0 unspecified atom stereocenters. The number of carbonyl (C=O) groups is 1. The van der Waals surface area contributed by atoms with Crippen LogP contribution >= 0.6 is 12.2 Å². The third-order valence-electron chi connectivity index (χ3n) is 2.31. The number of rotatable bonds is 4. The zero-order valence-electron chi connectivity index (χ0n) is 9.10. The lowest BCUT2D eigenvalue weighted by Gasteiger charge is -2.00. The molecule has 3 N–H and O–H groups in total. The Morgan fingerprint density at radius 3 is 2.88 bits per heavy atom. The average molecular weight is 248 g/mol. The summed E-state index contributed by atoms with van der Waals surface area (Å²) < 4.78 is 5.41. The highest BCUT2D eigenvalue weighted by Crippen LogP contribution is 2.18. The largest absolute Gasteiger partial charge is 0.451 e. The average Bonchev–Trinajstić information content (AvgIpc) is 2.71. The number of thiocarbonyl (C=S) groups is 1. The Hall–Kier alpha value is -1.88. The van der Waals surface area contributed by atoms with Crippen molar-refractivity contribution in [1.82, 2.24) is 5.32 Å². The minimum atomic E-state index is -0.252. The summed E-state index contributed by atoms with van der Waals surface area (Å²) in [6, 6.07) is 9.18. The first-order chi connectivity index (χ1) is 8.16. The standard InChI is InChI=1S/C12H12N2O2S/c13-11(17)5-6-14-12(15)10-7-8-3-1-2-4-9(8)16-10/h1-4,7H,5-6H2,(H2,13,17)(H,14,15). The highest BCUT2D eigenvalue weighted by atomic mass is 32.1. The van der Waals surface area contributed by atoms with Crippen molar-refractivity contribution < 1.29 is 9.21 Å². The zero-order chi connectivity index (χ0) is 12.3. The lowest BCUT2D eigenvalue weighted by atomic mass is 10.2. The number of nitrogens with one attached hydrogen (secondary N) is 1. The molecule has 0 fully saturated rings. The Kier molecular flexibility index (Phi) is 3.39. The Bertz CT molecular complexity index is 529. The fourth-order valence-corrected chi connectivity index (χ4v) is 1.58. The first kappa shape index (κ1) is 11.6. The molecule has 2 rings (SSSR count). The van der Waals surface area contributed by atoms with Gasteiger partial charge < -0.3 is 15.5 Å². The minimum absolute atomic E-state index is 0.252. The molecule has 2 aromatic rings. The van der Waals surface area contributed by atoms with Crippen molar-refractivity contribution in [2.75, 3.05) is 6.54 Å². The van der Waals surface area contributed by atoms with E-state index < -0.39 is 0 Å². The molecular formula is C12H12N2O2S. The maximum absolute atomic E-state index is 11.7. The van der Waals surface area contributed by atoms with Gasteiger partial charge in [-0.2, -0.15) is 0 Å². The maximum Gasteiger partial charge on any atom is 0.287 e. The molecule has 1 heterocycles. The molecule has 1 aromatic heterocycles. The Morgan fingerprint density at radius 2 is 2.18 bits per heavy atom. The molecule has 0 spiro atoms. The summed E-state index contributed by atoms with van der Waals surface area (Å²) in [5.74, 6) is 0.0478. The Morgan fingerprint density at radius 1 is 1.41 bits per heavy atom. The number of furan rings is 1. The SMILES string of the molecule is NC(=S)CCNC(=O)c1cc2ccccc2o1. The molecule has 0 atom stereocenters. The number of hydrogen-bond acceptors (Lipinski definition) is 3. The summed E-state index contributed by atoms with van der Waals surface area (Å²) in [5.41, 5.74) is 6.04. The predicted molar refractivity (Wildman–Crippen MR) is 69.9 cm³/mol. The van der Waals surface area contributed by atoms with E-state index in [1.807, 2.05) is 24.3 Å². The first-order valence-electron chi connectivity index (χ1n) is 5.22. The summed E-state index contributed by atoms with van der Waals surface area (Å²) in [6.45, 7) is 0.422. The number of carbonyl (C=O) groups excluding carboxylic acids is 1. The van der Waals surface area contributed by atoms with Crippen LogP contribution in [0.3, 0.4) is 0 Å². The molecule has 5 heteroatoms. The topological polar surface area (TPSA) is 68.3 Å². The van der Waals surface area contributed by atoms with E-state index in [2.05, 4.69) is 5.32 Å². The molecule has 4 nitrogen and oxygen atoms in total. The third-order valence-corrected chi connectivity index (χ3v) is 2.51. The van der Waals surface area contributed by atoms with E-state index in [0.717, 1.165) is 5.39 Å². The van der Waals surface area contributed by atoms with Crippen molar-refractivity contribution in [3.05, 3.63) is 36.1 Å². The van der Waals surface area contributed by atoms with Gasteiger partial charge in [-0.25, -0.2) is 0 Å². The van der Waals surface area contributed by atoms with Crippen LogP contribution in [0.15, 0.2) is 34.7 Å². The van der Waals surface area contributed by atoms with Crippen LogP contribution in [0.1, 0.15) is 17.0 Å². The fourth-order valence-electron chi connectivity index (χ4n) is 1.48. The fraction of sp³-hybridized carbons (Fsp3) is 0.167. The number of amides is 1. The van der Waals surface area contributed by atoms with E-state index in [1.54, 1.807) is 6.07 Å². The first-order valence-corrected chi connectivity index (χ1v) is 5.63. The second kappa shape index (κ2) is 4.97. The molecular weight excluding hydrogens is 236 g/mol. The number of benzene rings is 1. The molecule has 88 valence electrons. The van der Waals surface area contributed by atoms with E-state index in [9.17, 15) is 4.79 Å². The molecule has 0 aliphatic heterocycles. The van der Waals surface area contributed by atoms with Gasteiger partial charge >= 0.3 is 0 Å². The molecule has 17 heavy (non-hydrogen) atoms. The summed E-state index contributed by atoms with van der Waals surface area (Å²) >= 11 is 4.72. The molecule has 0 bridgehead atoms. The summed E-state index contributed by atoms with van der Waals surface area (Å²) in [7, 11) is 0. The normalized spacial score (nSPS) is 10.4. The van der Waals surface area contributed by atoms with Gasteiger partial charge in [0.25, 0.3) is 5.91 Å². The Balaban J connectivity index is 2.06. The van der Waals surface area contributed by atoms with Crippen LogP contribution < -0.4 is 11.1 Å². The van der Waals surface area contributed by atoms with Crippen LogP contribution in [0.25, 0.3) is 11.0 Å². The van der Waals surface area contributed by atoms with Crippen LogP contribution in [0.4, 0.5) is 0 Å². The lowest BCUT2D eigenvalue weighted by Crippen LogP contribution is -2.26. The number of hydrogen-bond donors (Lipinski definition) is 2. The van der Waals surface area contributed by atoms with Crippen LogP contribution in [-0.4, -0.2) is 17.4 Å². The highest BCUT2D eigenvalue weighted by molar-refractivity contribution is 7.80. The van der Waals surface area contributed by atoms with Crippen LogP contribution in [0.2, 0.25) is 0 Å². The molecule has 0 radical (unpaired) electrons. The lowest BCUT2D eigenvalue weighted by molar-refractivity contribution is 0.0929. The summed E-state index contributed by atoms with van der Waals surface area (Å²) in [5, 5.41) is 3.60. The second-order valence-corrected chi connectivity index (χ2v) is 4.15. The number of para-hydroxylation sites is 1. The predicted octanol–water partition coefficient (Wildman–Crippen LogP) is 1.84. The third kappa shape index (κ3) is 2.82. The van der Waals surface area contributed by atoms with Gasteiger partial charge in [0.05, 0.1) is 4.99 Å². The van der Waals surface area contributed by atoms with E-state index in [0.29, 0.717) is 29.3 Å². The molecule has 0 saturated carbocycles. The van der Waals surface area contributed by atoms with Crippen LogP contribution in [0.5, 0.6) is 0 Å². The number of nitrogens with two attached hydrogens (primary N) is 1. The van der Waals surface area contributed by atoms with Crippen LogP contribution in [-0.2, 0) is 0 Å². The van der Waals surface area contributed by atoms with Gasteiger partial charge in [0.2, 0.25) is 0 Å². The summed E-state index contributed by atoms with van der Waals surface area (Å²) in [4.78, 5) is 12.1. The van der Waals surface area contributed by atoms with Gasteiger partial charge in [0.1, 0.15) is 5.58 Å². The van der Waals surface area contributed by atoms with Gasteiger partial charge in [-0.05, 0) is 12.1 Å². The smallest absolute Gasteiger partial charge is 0.287 e. The monoisotopic (exact) mass is 248 g/mol. The van der Waals surface area contributed by atoms with E-state index >= 15 is 0 Å².